The van der Waals surface area contributed by atoms with Crippen LogP contribution in [0.4, 0.5) is 5.69 Å². The minimum Gasteiger partial charge on any atom is -0.497 e. The van der Waals surface area contributed by atoms with Gasteiger partial charge in [0.1, 0.15) is 22.1 Å². The number of carbonyl (C=O) groups excluding carboxylic acids is 1. The molecule has 1 aromatic heterocycles. The third kappa shape index (κ3) is 4.23. The highest BCUT2D eigenvalue weighted by Gasteiger charge is 2.20. The van der Waals surface area contributed by atoms with Crippen molar-refractivity contribution >= 4 is 22.9 Å². The van der Waals surface area contributed by atoms with Crippen molar-refractivity contribution in [3.05, 3.63) is 59.5 Å². The van der Waals surface area contributed by atoms with E-state index in [2.05, 4.69) is 5.32 Å². The monoisotopic (exact) mass is 383 g/mol. The van der Waals surface area contributed by atoms with Crippen LogP contribution in [0, 0.1) is 0 Å². The Morgan fingerprint density at radius 3 is 2.44 bits per heavy atom. The maximum atomic E-state index is 12.9. The Labute approximate surface area is 162 Å². The van der Waals surface area contributed by atoms with Gasteiger partial charge in [-0.2, -0.15) is 0 Å². The molecule has 0 radical (unpaired) electrons. The number of anilines is 1. The van der Waals surface area contributed by atoms with E-state index in [1.807, 2.05) is 43.3 Å². The first-order valence-corrected chi connectivity index (χ1v) is 9.33. The predicted octanol–water partition coefficient (Wildman–Crippen LogP) is 5.08. The maximum absolute atomic E-state index is 12.9. The summed E-state index contributed by atoms with van der Waals surface area (Å²) in [5, 5.41) is 2.90. The summed E-state index contributed by atoms with van der Waals surface area (Å²) < 4.78 is 16.3. The molecule has 0 unspecified atom stereocenters. The molecule has 0 atom stereocenters. The van der Waals surface area contributed by atoms with Crippen LogP contribution in [0.25, 0.3) is 10.4 Å². The van der Waals surface area contributed by atoms with Crippen LogP contribution in [0.5, 0.6) is 17.2 Å². The molecule has 0 aliphatic carbocycles. The van der Waals surface area contributed by atoms with Gasteiger partial charge < -0.3 is 19.5 Å². The number of hydrogen-bond acceptors (Lipinski definition) is 5. The van der Waals surface area contributed by atoms with E-state index in [9.17, 15) is 4.79 Å². The minimum atomic E-state index is -0.253. The molecule has 1 N–H and O–H groups in total. The number of nitrogens with one attached hydrogen (secondary N) is 1. The van der Waals surface area contributed by atoms with Crippen molar-refractivity contribution in [2.45, 2.75) is 6.92 Å². The quantitative estimate of drug-likeness (QED) is 0.618. The molecule has 0 fully saturated rings. The zero-order valence-corrected chi connectivity index (χ0v) is 16.3. The smallest absolute Gasteiger partial charge is 0.269 e. The van der Waals surface area contributed by atoms with Gasteiger partial charge in [0, 0.05) is 10.9 Å². The Morgan fingerprint density at radius 2 is 1.78 bits per heavy atom. The van der Waals surface area contributed by atoms with Crippen molar-refractivity contribution in [3.8, 4) is 27.7 Å². The van der Waals surface area contributed by atoms with Gasteiger partial charge in [-0.25, -0.2) is 0 Å². The van der Waals surface area contributed by atoms with Crippen LogP contribution in [0.1, 0.15) is 16.6 Å². The maximum Gasteiger partial charge on any atom is 0.269 e. The highest BCUT2D eigenvalue weighted by molar-refractivity contribution is 7.17. The van der Waals surface area contributed by atoms with Crippen LogP contribution in [-0.4, -0.2) is 26.7 Å². The van der Waals surface area contributed by atoms with Gasteiger partial charge in [0.2, 0.25) is 0 Å². The van der Waals surface area contributed by atoms with E-state index in [0.29, 0.717) is 34.4 Å². The Kier molecular flexibility index (Phi) is 5.98. The number of carbonyl (C=O) groups is 1. The Hall–Kier alpha value is -2.99. The van der Waals surface area contributed by atoms with Gasteiger partial charge in [-0.1, -0.05) is 30.3 Å². The molecule has 1 heterocycles. The summed E-state index contributed by atoms with van der Waals surface area (Å²) in [5.74, 6) is 1.51. The molecule has 0 aliphatic heterocycles. The first-order valence-electron chi connectivity index (χ1n) is 8.51. The summed E-state index contributed by atoms with van der Waals surface area (Å²) in [5.41, 5.74) is 1.58. The van der Waals surface area contributed by atoms with Crippen molar-refractivity contribution in [1.82, 2.24) is 0 Å². The van der Waals surface area contributed by atoms with Crippen molar-refractivity contribution in [3.63, 3.8) is 0 Å². The number of ether oxygens (including phenoxy) is 3. The molecule has 2 aromatic carbocycles. The summed E-state index contributed by atoms with van der Waals surface area (Å²) in [4.78, 5) is 14.4. The molecule has 1 amide bonds. The number of thiophene rings is 1. The van der Waals surface area contributed by atoms with Crippen LogP contribution in [0.2, 0.25) is 0 Å². The number of methoxy groups -OCH3 is 2. The number of benzene rings is 2. The van der Waals surface area contributed by atoms with Crippen molar-refractivity contribution in [2.24, 2.45) is 0 Å². The van der Waals surface area contributed by atoms with E-state index in [4.69, 9.17) is 14.2 Å². The normalized spacial score (nSPS) is 10.3. The number of amides is 1. The van der Waals surface area contributed by atoms with Crippen LogP contribution < -0.4 is 19.5 Å². The van der Waals surface area contributed by atoms with Gasteiger partial charge in [0.25, 0.3) is 5.91 Å². The zero-order valence-electron chi connectivity index (χ0n) is 15.4. The van der Waals surface area contributed by atoms with Gasteiger partial charge >= 0.3 is 0 Å². The van der Waals surface area contributed by atoms with Crippen molar-refractivity contribution in [2.75, 3.05) is 26.1 Å². The fourth-order valence-corrected chi connectivity index (χ4v) is 3.63. The molecule has 0 saturated heterocycles. The second-order valence-corrected chi connectivity index (χ2v) is 6.68. The average molecular weight is 383 g/mol. The lowest BCUT2D eigenvalue weighted by atomic mass is 10.2. The summed E-state index contributed by atoms with van der Waals surface area (Å²) in [6.45, 7) is 2.38. The third-order valence-corrected chi connectivity index (χ3v) is 5.08. The van der Waals surface area contributed by atoms with Gasteiger partial charge in [0.15, 0.2) is 0 Å². The zero-order chi connectivity index (χ0) is 19.2. The minimum absolute atomic E-state index is 0.253. The molecule has 3 rings (SSSR count). The largest absolute Gasteiger partial charge is 0.497 e. The first kappa shape index (κ1) is 18.8. The summed E-state index contributed by atoms with van der Waals surface area (Å²) in [7, 11) is 3.13. The third-order valence-electron chi connectivity index (χ3n) is 3.92. The molecule has 3 aromatic rings. The van der Waals surface area contributed by atoms with Gasteiger partial charge in [0.05, 0.1) is 26.5 Å². The second-order valence-electron chi connectivity index (χ2n) is 5.62. The van der Waals surface area contributed by atoms with E-state index in [1.165, 1.54) is 11.3 Å². The Balaban J connectivity index is 1.93. The summed E-state index contributed by atoms with van der Waals surface area (Å²) in [6, 6.07) is 17.1. The second kappa shape index (κ2) is 8.60. The van der Waals surface area contributed by atoms with Crippen LogP contribution in [-0.2, 0) is 0 Å². The first-order chi connectivity index (χ1) is 13.2. The molecular formula is C21H21NO4S. The standard InChI is InChI=1S/C21H21NO4S/c1-4-26-18-13-19(14-8-6-5-7-9-14)27-20(18)21(23)22-16-12-15(24-2)10-11-17(16)25-3/h5-13H,4H2,1-3H3,(H,22,23). The topological polar surface area (TPSA) is 56.8 Å². The van der Waals surface area contributed by atoms with Crippen molar-refractivity contribution < 1.29 is 19.0 Å². The summed E-state index contributed by atoms with van der Waals surface area (Å²) >= 11 is 1.39. The lowest BCUT2D eigenvalue weighted by Gasteiger charge is -2.12. The molecule has 27 heavy (non-hydrogen) atoms. The SMILES string of the molecule is CCOc1cc(-c2ccccc2)sc1C(=O)Nc1cc(OC)ccc1OC. The lowest BCUT2D eigenvalue weighted by Crippen LogP contribution is -2.12. The van der Waals surface area contributed by atoms with E-state index in [0.717, 1.165) is 10.4 Å². The van der Waals surface area contributed by atoms with E-state index < -0.39 is 0 Å². The predicted molar refractivity (Wildman–Crippen MR) is 108 cm³/mol. The summed E-state index contributed by atoms with van der Waals surface area (Å²) in [6.07, 6.45) is 0. The molecule has 5 nitrogen and oxygen atoms in total. The fourth-order valence-electron chi connectivity index (χ4n) is 2.63. The fraction of sp³-hybridized carbons (Fsp3) is 0.190. The van der Waals surface area contributed by atoms with E-state index in [-0.39, 0.29) is 5.91 Å². The van der Waals surface area contributed by atoms with E-state index in [1.54, 1.807) is 32.4 Å². The van der Waals surface area contributed by atoms with E-state index >= 15 is 0 Å². The highest BCUT2D eigenvalue weighted by atomic mass is 32.1. The number of rotatable bonds is 7. The number of hydrogen-bond donors (Lipinski definition) is 1. The van der Waals surface area contributed by atoms with Gasteiger partial charge in [-0.15, -0.1) is 11.3 Å². The molecular weight excluding hydrogens is 362 g/mol. The van der Waals surface area contributed by atoms with Crippen LogP contribution in [0.15, 0.2) is 54.6 Å². The van der Waals surface area contributed by atoms with Crippen LogP contribution >= 0.6 is 11.3 Å². The lowest BCUT2D eigenvalue weighted by molar-refractivity contribution is 0.102. The van der Waals surface area contributed by atoms with Gasteiger partial charge in [-0.05, 0) is 30.7 Å². The van der Waals surface area contributed by atoms with Gasteiger partial charge in [-0.3, -0.25) is 4.79 Å². The average Bonchev–Trinajstić information content (AvgIpc) is 3.13. The van der Waals surface area contributed by atoms with Crippen molar-refractivity contribution in [1.29, 1.82) is 0 Å². The molecule has 0 spiro atoms. The van der Waals surface area contributed by atoms with Crippen LogP contribution in [0.3, 0.4) is 0 Å². The molecule has 0 bridgehead atoms. The Morgan fingerprint density at radius 1 is 1.00 bits per heavy atom. The Bertz CT molecular complexity index is 921. The molecule has 0 aliphatic rings. The molecule has 6 heteroatoms. The molecule has 0 saturated carbocycles. The molecule has 140 valence electrons. The highest BCUT2D eigenvalue weighted by Crippen LogP contribution is 2.37.